The van der Waals surface area contributed by atoms with Gasteiger partial charge in [-0.15, -0.1) is 0 Å². The van der Waals surface area contributed by atoms with E-state index in [1.54, 1.807) is 0 Å². The second-order valence-electron chi connectivity index (χ2n) is 5.63. The number of carbonyl (C=O) groups is 1. The molecule has 0 heterocycles. The maximum atomic E-state index is 11.7. The molecule has 1 amide bonds. The highest BCUT2D eigenvalue weighted by Crippen LogP contribution is 1.97. The molecule has 0 saturated heterocycles. The topological polar surface area (TPSA) is 118 Å². The molecule has 5 N–H and O–H groups in total. The first kappa shape index (κ1) is 24.2. The summed E-state index contributed by atoms with van der Waals surface area (Å²) in [6.45, 7) is 7.65. The van der Waals surface area contributed by atoms with Crippen LogP contribution in [0.2, 0.25) is 0 Å². The lowest BCUT2D eigenvalue weighted by atomic mass is 10.1. The number of unbranched alkanes of at least 4 members (excludes halogenated alkanes) is 1. The van der Waals surface area contributed by atoms with Gasteiger partial charge in [-0.25, -0.2) is 0 Å². The molecular formula is C17H37N3O5. The molecule has 0 aliphatic carbocycles. The van der Waals surface area contributed by atoms with Gasteiger partial charge in [-0.2, -0.15) is 0 Å². The zero-order valence-corrected chi connectivity index (χ0v) is 15.7. The molecule has 0 radical (unpaired) electrons. The van der Waals surface area contributed by atoms with E-state index in [0.717, 1.165) is 25.9 Å². The lowest BCUT2D eigenvalue weighted by Gasteiger charge is -2.12. The van der Waals surface area contributed by atoms with Crippen molar-refractivity contribution in [1.29, 1.82) is 0 Å². The monoisotopic (exact) mass is 363 g/mol. The fraction of sp³-hybridized carbons (Fsp3) is 0.941. The number of ether oxygens (including phenoxy) is 4. The number of hydrogen-bond acceptors (Lipinski definition) is 7. The summed E-state index contributed by atoms with van der Waals surface area (Å²) < 4.78 is 21.4. The molecule has 0 rings (SSSR count). The van der Waals surface area contributed by atoms with Crippen molar-refractivity contribution in [3.63, 3.8) is 0 Å². The van der Waals surface area contributed by atoms with Crippen LogP contribution in [0, 0.1) is 0 Å². The van der Waals surface area contributed by atoms with Crippen LogP contribution in [-0.4, -0.2) is 77.9 Å². The van der Waals surface area contributed by atoms with Crippen LogP contribution in [0.4, 0.5) is 0 Å². The molecule has 0 aromatic rings. The van der Waals surface area contributed by atoms with E-state index in [-0.39, 0.29) is 5.91 Å². The second-order valence-corrected chi connectivity index (χ2v) is 5.63. The van der Waals surface area contributed by atoms with Gasteiger partial charge in [-0.1, -0.05) is 13.3 Å². The van der Waals surface area contributed by atoms with Crippen LogP contribution in [0.15, 0.2) is 0 Å². The highest BCUT2D eigenvalue weighted by atomic mass is 16.6. The number of carbonyl (C=O) groups excluding carboxylic acids is 1. The first-order valence-corrected chi connectivity index (χ1v) is 9.26. The Morgan fingerprint density at radius 3 is 1.92 bits per heavy atom. The van der Waals surface area contributed by atoms with Crippen LogP contribution < -0.4 is 16.8 Å². The van der Waals surface area contributed by atoms with E-state index in [9.17, 15) is 4.79 Å². The summed E-state index contributed by atoms with van der Waals surface area (Å²) in [6, 6.07) is -0.470. The van der Waals surface area contributed by atoms with Crippen LogP contribution in [0.1, 0.15) is 32.6 Å². The van der Waals surface area contributed by atoms with E-state index in [1.807, 2.05) is 0 Å². The maximum Gasteiger partial charge on any atom is 0.236 e. The Hall–Kier alpha value is -0.770. The molecule has 0 unspecified atom stereocenters. The van der Waals surface area contributed by atoms with Crippen LogP contribution >= 0.6 is 0 Å². The van der Waals surface area contributed by atoms with Crippen LogP contribution in [-0.2, 0) is 23.7 Å². The molecular weight excluding hydrogens is 326 g/mol. The average molecular weight is 363 g/mol. The van der Waals surface area contributed by atoms with Crippen molar-refractivity contribution < 1.29 is 23.7 Å². The quantitative estimate of drug-likeness (QED) is 0.277. The molecule has 0 aliphatic heterocycles. The predicted molar refractivity (Wildman–Crippen MR) is 97.5 cm³/mol. The Morgan fingerprint density at radius 2 is 1.40 bits per heavy atom. The van der Waals surface area contributed by atoms with Gasteiger partial charge in [-0.3, -0.25) is 4.79 Å². The number of nitrogens with two attached hydrogens (primary N) is 2. The lowest BCUT2D eigenvalue weighted by molar-refractivity contribution is -0.122. The van der Waals surface area contributed by atoms with Gasteiger partial charge in [-0.05, 0) is 25.8 Å². The molecule has 0 saturated carbocycles. The molecule has 150 valence electrons. The van der Waals surface area contributed by atoms with E-state index >= 15 is 0 Å². The Kier molecular flexibility index (Phi) is 19.0. The largest absolute Gasteiger partial charge is 0.379 e. The number of rotatable bonds is 19. The lowest BCUT2D eigenvalue weighted by Crippen LogP contribution is -2.41. The average Bonchev–Trinajstić information content (AvgIpc) is 2.61. The summed E-state index contributed by atoms with van der Waals surface area (Å²) in [5, 5.41) is 2.76. The fourth-order valence-corrected chi connectivity index (χ4v) is 1.92. The first-order chi connectivity index (χ1) is 12.2. The van der Waals surface area contributed by atoms with Gasteiger partial charge in [0.15, 0.2) is 0 Å². The fourth-order valence-electron chi connectivity index (χ4n) is 1.92. The molecule has 25 heavy (non-hydrogen) atoms. The molecule has 0 aromatic carbocycles. The Bertz CT molecular complexity index is 295. The van der Waals surface area contributed by atoms with Crippen molar-refractivity contribution in [2.24, 2.45) is 11.5 Å². The molecule has 0 aliphatic rings. The molecule has 0 bridgehead atoms. The van der Waals surface area contributed by atoms with Crippen molar-refractivity contribution in [3.8, 4) is 0 Å². The minimum absolute atomic E-state index is 0.142. The SMILES string of the molecule is CCCOCCOCCOCCOCCNC(=O)[C@@H](N)CCCCN. The summed E-state index contributed by atoms with van der Waals surface area (Å²) in [7, 11) is 0. The number of hydrogen-bond donors (Lipinski definition) is 3. The third-order valence-electron chi connectivity index (χ3n) is 3.32. The van der Waals surface area contributed by atoms with Gasteiger partial charge >= 0.3 is 0 Å². The Balaban J connectivity index is 3.21. The van der Waals surface area contributed by atoms with E-state index < -0.39 is 6.04 Å². The maximum absolute atomic E-state index is 11.7. The Morgan fingerprint density at radius 1 is 0.880 bits per heavy atom. The number of amides is 1. The van der Waals surface area contributed by atoms with E-state index in [0.29, 0.717) is 65.8 Å². The molecule has 1 atom stereocenters. The van der Waals surface area contributed by atoms with E-state index in [1.165, 1.54) is 0 Å². The summed E-state index contributed by atoms with van der Waals surface area (Å²) in [5.41, 5.74) is 11.2. The highest BCUT2D eigenvalue weighted by molar-refractivity contribution is 5.81. The Labute approximate surface area is 151 Å². The van der Waals surface area contributed by atoms with Crippen molar-refractivity contribution in [1.82, 2.24) is 5.32 Å². The van der Waals surface area contributed by atoms with Crippen molar-refractivity contribution in [3.05, 3.63) is 0 Å². The van der Waals surface area contributed by atoms with Crippen molar-refractivity contribution >= 4 is 5.91 Å². The van der Waals surface area contributed by atoms with Gasteiger partial charge in [0, 0.05) is 13.2 Å². The summed E-state index contributed by atoms with van der Waals surface area (Å²) in [6.07, 6.45) is 3.44. The standard InChI is InChI=1S/C17H37N3O5/c1-2-8-22-10-12-24-14-15-25-13-11-23-9-7-20-17(21)16(19)5-3-4-6-18/h16H,2-15,18-19H2,1H3,(H,20,21)/t16-/m0/s1. The molecule has 0 fully saturated rings. The summed E-state index contributed by atoms with van der Waals surface area (Å²) in [5.74, 6) is -0.142. The van der Waals surface area contributed by atoms with Crippen molar-refractivity contribution in [2.45, 2.75) is 38.6 Å². The second kappa shape index (κ2) is 19.6. The van der Waals surface area contributed by atoms with E-state index in [2.05, 4.69) is 12.2 Å². The van der Waals surface area contributed by atoms with Gasteiger partial charge in [0.1, 0.15) is 0 Å². The highest BCUT2D eigenvalue weighted by Gasteiger charge is 2.11. The minimum Gasteiger partial charge on any atom is -0.379 e. The minimum atomic E-state index is -0.470. The van der Waals surface area contributed by atoms with Crippen molar-refractivity contribution in [2.75, 3.05) is 65.9 Å². The normalized spacial score (nSPS) is 12.3. The number of nitrogens with one attached hydrogen (secondary N) is 1. The third-order valence-corrected chi connectivity index (χ3v) is 3.32. The molecule has 0 aromatic heterocycles. The summed E-state index contributed by atoms with van der Waals surface area (Å²) in [4.78, 5) is 11.7. The van der Waals surface area contributed by atoms with E-state index in [4.69, 9.17) is 30.4 Å². The van der Waals surface area contributed by atoms with Gasteiger partial charge in [0.2, 0.25) is 5.91 Å². The zero-order valence-electron chi connectivity index (χ0n) is 15.7. The first-order valence-electron chi connectivity index (χ1n) is 9.26. The van der Waals surface area contributed by atoms with Gasteiger partial charge in [0.05, 0.1) is 52.3 Å². The molecule has 0 spiro atoms. The van der Waals surface area contributed by atoms with Crippen LogP contribution in [0.3, 0.4) is 0 Å². The van der Waals surface area contributed by atoms with Gasteiger partial charge in [0.25, 0.3) is 0 Å². The third kappa shape index (κ3) is 17.8. The van der Waals surface area contributed by atoms with Crippen LogP contribution in [0.5, 0.6) is 0 Å². The molecule has 8 nitrogen and oxygen atoms in total. The molecule has 8 heteroatoms. The summed E-state index contributed by atoms with van der Waals surface area (Å²) >= 11 is 0. The smallest absolute Gasteiger partial charge is 0.236 e. The zero-order chi connectivity index (χ0) is 18.6. The van der Waals surface area contributed by atoms with Gasteiger partial charge < -0.3 is 35.7 Å². The predicted octanol–water partition coefficient (Wildman–Crippen LogP) is 0.0353. The van der Waals surface area contributed by atoms with Crippen LogP contribution in [0.25, 0.3) is 0 Å².